The molecule has 0 saturated carbocycles. The molecule has 0 radical (unpaired) electrons. The summed E-state index contributed by atoms with van der Waals surface area (Å²) < 4.78 is 5.18. The summed E-state index contributed by atoms with van der Waals surface area (Å²) in [5.41, 5.74) is 0.884. The molecule has 0 fully saturated rings. The molecule has 1 heterocycles. The van der Waals surface area contributed by atoms with E-state index in [4.69, 9.17) is 4.42 Å². The minimum Gasteiger partial charge on any atom is -0.458 e. The summed E-state index contributed by atoms with van der Waals surface area (Å²) in [5, 5.41) is 2.24. The summed E-state index contributed by atoms with van der Waals surface area (Å²) in [4.78, 5) is 0. The molecule has 0 aliphatic carbocycles. The molecular formula is C9H6Br3OP. The van der Waals surface area contributed by atoms with Crippen LogP contribution in [-0.2, 0) is 2.14 Å². The van der Waals surface area contributed by atoms with Crippen LogP contribution < -0.4 is 5.30 Å². The van der Waals surface area contributed by atoms with Crippen molar-refractivity contribution in [2.75, 3.05) is 0 Å². The van der Waals surface area contributed by atoms with Gasteiger partial charge in [0.25, 0.3) is 0 Å². The smallest absolute Gasteiger partial charge is 0.192 e. The third-order valence-electron chi connectivity index (χ3n) is 1.87. The Morgan fingerprint density at radius 1 is 1.21 bits per heavy atom. The average Bonchev–Trinajstić information content (AvgIpc) is 2.48. The fraction of sp³-hybridized carbons (Fsp3) is 0.111. The standard InChI is InChI=1S/C9H6Br3OP/c10-9(11,12)8-4-5-6(13-8)2-1-3-7(5)14/h1-4H,14H2. The van der Waals surface area contributed by atoms with Gasteiger partial charge in [-0.1, -0.05) is 59.9 Å². The van der Waals surface area contributed by atoms with Crippen molar-refractivity contribution in [2.45, 2.75) is 2.14 Å². The van der Waals surface area contributed by atoms with Gasteiger partial charge < -0.3 is 4.42 Å². The monoisotopic (exact) mass is 398 g/mol. The van der Waals surface area contributed by atoms with Crippen molar-refractivity contribution in [3.05, 3.63) is 30.0 Å². The molecule has 1 unspecified atom stereocenters. The number of alkyl halides is 3. The molecule has 0 saturated heterocycles. The van der Waals surface area contributed by atoms with E-state index < -0.39 is 2.14 Å². The highest BCUT2D eigenvalue weighted by Crippen LogP contribution is 2.45. The van der Waals surface area contributed by atoms with Gasteiger partial charge in [0.05, 0.1) is 0 Å². The lowest BCUT2D eigenvalue weighted by atomic mass is 10.2. The van der Waals surface area contributed by atoms with Crippen LogP contribution in [0.15, 0.2) is 28.7 Å². The van der Waals surface area contributed by atoms with Crippen LogP contribution in [0.1, 0.15) is 5.76 Å². The molecule has 0 aliphatic heterocycles. The highest BCUT2D eigenvalue weighted by atomic mass is 80.0. The SMILES string of the molecule is Pc1cccc2oc(C(Br)(Br)Br)cc12. The second-order valence-corrected chi connectivity index (χ2v) is 10.3. The van der Waals surface area contributed by atoms with E-state index in [1.165, 1.54) is 0 Å². The predicted octanol–water partition coefficient (Wildman–Crippen LogP) is 4.23. The molecule has 1 nitrogen and oxygen atoms in total. The van der Waals surface area contributed by atoms with Gasteiger partial charge in [-0.05, 0) is 17.4 Å². The van der Waals surface area contributed by atoms with Gasteiger partial charge in [-0.2, -0.15) is 0 Å². The largest absolute Gasteiger partial charge is 0.458 e. The molecule has 2 rings (SSSR count). The summed E-state index contributed by atoms with van der Waals surface area (Å²) >= 11 is 10.3. The fourth-order valence-electron chi connectivity index (χ4n) is 1.22. The van der Waals surface area contributed by atoms with Gasteiger partial charge in [0.1, 0.15) is 11.3 Å². The number of hydrogen-bond acceptors (Lipinski definition) is 1. The molecule has 0 aliphatic rings. The van der Waals surface area contributed by atoms with Gasteiger partial charge in [0.2, 0.25) is 0 Å². The first-order valence-electron chi connectivity index (χ1n) is 3.84. The molecule has 1 atom stereocenters. The highest BCUT2D eigenvalue weighted by molar-refractivity contribution is 9.38. The molecule has 0 spiro atoms. The van der Waals surface area contributed by atoms with Crippen molar-refractivity contribution < 1.29 is 4.42 Å². The van der Waals surface area contributed by atoms with E-state index in [1.54, 1.807) is 0 Å². The van der Waals surface area contributed by atoms with Crippen LogP contribution in [0.4, 0.5) is 0 Å². The summed E-state index contributed by atoms with van der Waals surface area (Å²) in [7, 11) is 2.69. The molecule has 1 aromatic heterocycles. The van der Waals surface area contributed by atoms with Gasteiger partial charge in [0.15, 0.2) is 2.14 Å². The van der Waals surface area contributed by atoms with Crippen LogP contribution in [0, 0.1) is 0 Å². The Hall–Kier alpha value is 0.630. The summed E-state index contributed by atoms with van der Waals surface area (Å²) in [5.74, 6) is 0.794. The lowest BCUT2D eigenvalue weighted by Crippen LogP contribution is -1.93. The molecule has 0 bridgehead atoms. The Kier molecular flexibility index (Phi) is 3.09. The maximum Gasteiger partial charge on any atom is 0.192 e. The van der Waals surface area contributed by atoms with Crippen molar-refractivity contribution in [3.8, 4) is 0 Å². The second-order valence-electron chi connectivity index (χ2n) is 2.87. The van der Waals surface area contributed by atoms with Gasteiger partial charge in [-0.3, -0.25) is 0 Å². The molecule has 2 aromatic rings. The maximum absolute atomic E-state index is 5.66. The van der Waals surface area contributed by atoms with Crippen LogP contribution in [-0.4, -0.2) is 0 Å². The normalized spacial score (nSPS) is 12.3. The number of rotatable bonds is 0. The second kappa shape index (κ2) is 3.89. The van der Waals surface area contributed by atoms with Crippen molar-refractivity contribution >= 4 is 73.3 Å². The third-order valence-corrected chi connectivity index (χ3v) is 3.55. The Bertz CT molecular complexity index is 472. The Labute approximate surface area is 109 Å². The first-order valence-corrected chi connectivity index (χ1v) is 6.79. The van der Waals surface area contributed by atoms with Gasteiger partial charge >= 0.3 is 0 Å². The minimum absolute atomic E-state index is 0.483. The van der Waals surface area contributed by atoms with Crippen molar-refractivity contribution in [1.29, 1.82) is 0 Å². The molecule has 5 heteroatoms. The molecule has 14 heavy (non-hydrogen) atoms. The van der Waals surface area contributed by atoms with Crippen LogP contribution in [0.2, 0.25) is 0 Å². The van der Waals surface area contributed by atoms with Crippen LogP contribution >= 0.6 is 57.0 Å². The van der Waals surface area contributed by atoms with E-state index in [9.17, 15) is 0 Å². The zero-order valence-corrected chi connectivity index (χ0v) is 12.8. The van der Waals surface area contributed by atoms with Gasteiger partial charge in [-0.25, -0.2) is 0 Å². The number of fused-ring (bicyclic) bond motifs is 1. The molecule has 0 N–H and O–H groups in total. The highest BCUT2D eigenvalue weighted by Gasteiger charge is 2.25. The van der Waals surface area contributed by atoms with E-state index in [1.807, 2.05) is 24.3 Å². The third kappa shape index (κ3) is 2.08. The molecule has 0 amide bonds. The van der Waals surface area contributed by atoms with Gasteiger partial charge in [0, 0.05) is 5.39 Å². The molecule has 74 valence electrons. The Balaban J connectivity index is 2.69. The first-order chi connectivity index (χ1) is 6.48. The molecule has 1 aromatic carbocycles. The van der Waals surface area contributed by atoms with Crippen LogP contribution in [0.5, 0.6) is 0 Å². The maximum atomic E-state index is 5.66. The van der Waals surface area contributed by atoms with E-state index in [2.05, 4.69) is 57.0 Å². The Morgan fingerprint density at radius 2 is 1.93 bits per heavy atom. The van der Waals surface area contributed by atoms with E-state index in [0.29, 0.717) is 0 Å². The zero-order chi connectivity index (χ0) is 10.3. The van der Waals surface area contributed by atoms with Crippen molar-refractivity contribution in [3.63, 3.8) is 0 Å². The van der Waals surface area contributed by atoms with Crippen molar-refractivity contribution in [2.24, 2.45) is 0 Å². The lowest BCUT2D eigenvalue weighted by molar-refractivity contribution is 0.569. The van der Waals surface area contributed by atoms with Crippen LogP contribution in [0.3, 0.4) is 0 Å². The van der Waals surface area contributed by atoms with E-state index in [-0.39, 0.29) is 0 Å². The number of furan rings is 1. The summed E-state index contributed by atoms with van der Waals surface area (Å²) in [6.45, 7) is 0. The Morgan fingerprint density at radius 3 is 2.50 bits per heavy atom. The van der Waals surface area contributed by atoms with Crippen molar-refractivity contribution in [1.82, 2.24) is 0 Å². The molecular weight excluding hydrogens is 395 g/mol. The summed E-state index contributed by atoms with van der Waals surface area (Å²) in [6.07, 6.45) is 0. The van der Waals surface area contributed by atoms with Crippen LogP contribution in [0.25, 0.3) is 11.0 Å². The number of halogens is 3. The minimum atomic E-state index is -0.483. The lowest BCUT2D eigenvalue weighted by Gasteiger charge is -2.06. The van der Waals surface area contributed by atoms with E-state index >= 15 is 0 Å². The summed E-state index contributed by atoms with van der Waals surface area (Å²) in [6, 6.07) is 7.95. The first kappa shape index (κ1) is 11.1. The zero-order valence-electron chi connectivity index (χ0n) is 6.93. The fourth-order valence-corrected chi connectivity index (χ4v) is 2.15. The van der Waals surface area contributed by atoms with E-state index in [0.717, 1.165) is 22.0 Å². The predicted molar refractivity (Wildman–Crippen MR) is 74.0 cm³/mol. The quantitative estimate of drug-likeness (QED) is 0.476. The average molecular weight is 401 g/mol. The topological polar surface area (TPSA) is 13.1 Å². The van der Waals surface area contributed by atoms with Gasteiger partial charge in [-0.15, -0.1) is 9.24 Å². The number of hydrogen-bond donors (Lipinski definition) is 0. The number of benzene rings is 1.